The summed E-state index contributed by atoms with van der Waals surface area (Å²) in [5, 5.41) is 10.6. The number of hydrogen-bond acceptors (Lipinski definition) is 8. The van der Waals surface area contributed by atoms with E-state index in [0.29, 0.717) is 24.5 Å². The van der Waals surface area contributed by atoms with E-state index >= 15 is 0 Å². The molecule has 49 heavy (non-hydrogen) atoms. The number of aliphatic hydroxyl groups excluding tert-OH is 1. The highest BCUT2D eigenvalue weighted by Crippen LogP contribution is 2.30. The lowest BCUT2D eigenvalue weighted by Crippen LogP contribution is -2.48. The summed E-state index contributed by atoms with van der Waals surface area (Å²) < 4.78 is 69.6. The molecule has 0 aromatic heterocycles. The van der Waals surface area contributed by atoms with Crippen molar-refractivity contribution >= 4 is 43.2 Å². The number of hydrogen-bond donors (Lipinski definition) is 2. The van der Waals surface area contributed by atoms with Crippen LogP contribution >= 0.6 is 11.6 Å². The number of nitrogens with zero attached hydrogens (tertiary/aromatic N) is 2. The molecule has 0 aliphatic carbocycles. The molecular formula is C35H46ClN3O8S2. The first-order valence-corrected chi connectivity index (χ1v) is 19.6. The maximum absolute atomic E-state index is 14.4. The lowest BCUT2D eigenvalue weighted by Gasteiger charge is -2.35. The summed E-state index contributed by atoms with van der Waals surface area (Å²) in [6.07, 6.45) is 1.23. The zero-order valence-electron chi connectivity index (χ0n) is 28.5. The summed E-state index contributed by atoms with van der Waals surface area (Å²) in [7, 11) is -6.35. The molecule has 3 aromatic carbocycles. The number of sulfonamides is 2. The number of carbonyl (C=O) groups is 1. The van der Waals surface area contributed by atoms with E-state index in [1.165, 1.54) is 58.7 Å². The summed E-state index contributed by atoms with van der Waals surface area (Å²) in [6.45, 7) is 7.48. The minimum atomic E-state index is -3.96. The lowest BCUT2D eigenvalue weighted by atomic mass is 10.0. The Hall–Kier alpha value is -3.20. The second-order valence-electron chi connectivity index (χ2n) is 12.7. The van der Waals surface area contributed by atoms with Gasteiger partial charge in [0, 0.05) is 43.4 Å². The highest BCUT2D eigenvalue weighted by molar-refractivity contribution is 7.92. The number of aliphatic hydroxyl groups is 1. The van der Waals surface area contributed by atoms with Crippen molar-refractivity contribution in [3.8, 4) is 5.75 Å². The molecule has 14 heteroatoms. The number of benzene rings is 3. The monoisotopic (exact) mass is 735 g/mol. The Bertz CT molecular complexity index is 1790. The maximum Gasteiger partial charge on any atom is 0.261 e. The van der Waals surface area contributed by atoms with Gasteiger partial charge < -0.3 is 19.5 Å². The Labute approximate surface area is 295 Å². The summed E-state index contributed by atoms with van der Waals surface area (Å²) in [4.78, 5) is 16.0. The zero-order valence-corrected chi connectivity index (χ0v) is 30.9. The van der Waals surface area contributed by atoms with Crippen LogP contribution in [0.25, 0.3) is 0 Å². The maximum atomic E-state index is 14.4. The molecule has 0 unspecified atom stereocenters. The second kappa shape index (κ2) is 16.7. The Morgan fingerprint density at radius 3 is 2.31 bits per heavy atom. The average Bonchev–Trinajstić information content (AvgIpc) is 3.06. The molecule has 1 aliphatic rings. The smallest absolute Gasteiger partial charge is 0.261 e. The van der Waals surface area contributed by atoms with Crippen LogP contribution in [0.15, 0.2) is 76.5 Å². The third kappa shape index (κ3) is 9.95. The molecule has 268 valence electrons. The Balaban J connectivity index is 1.67. The molecular weight excluding hydrogens is 690 g/mol. The summed E-state index contributed by atoms with van der Waals surface area (Å²) >= 11 is 5.98. The average molecular weight is 736 g/mol. The molecule has 2 N–H and O–H groups in total. The minimum Gasteiger partial charge on any atom is -0.490 e. The van der Waals surface area contributed by atoms with Gasteiger partial charge in [-0.05, 0) is 94.6 Å². The van der Waals surface area contributed by atoms with E-state index < -0.39 is 38.1 Å². The molecule has 1 aliphatic heterocycles. The number of anilines is 1. The number of fused-ring (bicyclic) bond motifs is 1. The number of amides is 1. The van der Waals surface area contributed by atoms with Crippen LogP contribution in [-0.2, 0) is 24.8 Å². The van der Waals surface area contributed by atoms with Gasteiger partial charge in [0.1, 0.15) is 5.75 Å². The van der Waals surface area contributed by atoms with Gasteiger partial charge >= 0.3 is 0 Å². The number of carbonyl (C=O) groups excluding carboxylic acids is 1. The van der Waals surface area contributed by atoms with E-state index in [-0.39, 0.29) is 58.5 Å². The first kappa shape index (κ1) is 38.6. The van der Waals surface area contributed by atoms with Crippen molar-refractivity contribution in [2.75, 3.05) is 38.1 Å². The molecule has 0 saturated carbocycles. The number of aryl methyl sites for hydroxylation is 1. The highest BCUT2D eigenvalue weighted by Gasteiger charge is 2.32. The van der Waals surface area contributed by atoms with Gasteiger partial charge in [0.05, 0.1) is 40.2 Å². The number of ether oxygens (including phenoxy) is 2. The predicted octanol–water partition coefficient (Wildman–Crippen LogP) is 5.57. The van der Waals surface area contributed by atoms with E-state index in [2.05, 4.69) is 4.72 Å². The quantitative estimate of drug-likeness (QED) is 0.291. The molecule has 0 bridgehead atoms. The van der Waals surface area contributed by atoms with Crippen molar-refractivity contribution < 1.29 is 36.2 Å². The minimum absolute atomic E-state index is 0.0166. The molecule has 1 amide bonds. The Morgan fingerprint density at radius 2 is 1.65 bits per heavy atom. The van der Waals surface area contributed by atoms with Crippen molar-refractivity contribution in [2.24, 2.45) is 5.92 Å². The fourth-order valence-electron chi connectivity index (χ4n) is 5.52. The molecule has 0 saturated heterocycles. The van der Waals surface area contributed by atoms with Gasteiger partial charge in [-0.1, -0.05) is 36.2 Å². The van der Waals surface area contributed by atoms with E-state index in [9.17, 15) is 26.7 Å². The highest BCUT2D eigenvalue weighted by atomic mass is 35.5. The van der Waals surface area contributed by atoms with Crippen LogP contribution in [0.4, 0.5) is 5.69 Å². The standard InChI is InChI=1S/C35H46ClN3O8S2/c1-24-9-14-30(15-10-24)48(42,43)37-29-13-18-33-32(20-29)35(41)39(26(3)23-40)21-25(2)34(46-19-7-6-8-27(4)47-33)22-38(5)49(44,45)31-16-11-28(36)12-17-31/h9-18,20,25-27,34,37,40H,6-8,19,21-23H2,1-5H3/t25-,26+,27-,34-/m1/s1. The molecule has 11 nitrogen and oxygen atoms in total. The zero-order chi connectivity index (χ0) is 35.9. The third-order valence-electron chi connectivity index (χ3n) is 8.59. The fraction of sp³-hybridized carbons (Fsp3) is 0.457. The molecule has 0 fully saturated rings. The second-order valence-corrected chi connectivity index (χ2v) is 16.8. The third-order valence-corrected chi connectivity index (χ3v) is 12.1. The Morgan fingerprint density at radius 1 is 1.00 bits per heavy atom. The van der Waals surface area contributed by atoms with Gasteiger partial charge in [-0.2, -0.15) is 4.31 Å². The summed E-state index contributed by atoms with van der Waals surface area (Å²) in [6, 6.07) is 16.3. The fourth-order valence-corrected chi connectivity index (χ4v) is 7.88. The van der Waals surface area contributed by atoms with E-state index in [0.717, 1.165) is 12.0 Å². The van der Waals surface area contributed by atoms with Crippen LogP contribution in [0.5, 0.6) is 5.75 Å². The molecule has 1 heterocycles. The van der Waals surface area contributed by atoms with Crippen LogP contribution in [0.3, 0.4) is 0 Å². The molecule has 4 atom stereocenters. The first-order valence-electron chi connectivity index (χ1n) is 16.3. The summed E-state index contributed by atoms with van der Waals surface area (Å²) in [5.41, 5.74) is 1.21. The normalized spacial score (nSPS) is 20.6. The topological polar surface area (TPSA) is 143 Å². The number of nitrogens with one attached hydrogen (secondary N) is 1. The SMILES string of the molecule is Cc1ccc(S(=O)(=O)Nc2ccc3c(c2)C(=O)N([C@@H](C)CO)C[C@@H](C)[C@@H](CN(C)S(=O)(=O)c2ccc(Cl)cc2)OCCCC[C@@H](C)O3)cc1. The number of likely N-dealkylation sites (N-methyl/N-ethyl adjacent to an activating group) is 1. The molecule has 4 rings (SSSR count). The van der Waals surface area contributed by atoms with Gasteiger partial charge in [-0.25, -0.2) is 16.8 Å². The molecule has 3 aromatic rings. The largest absolute Gasteiger partial charge is 0.490 e. The number of rotatable bonds is 9. The van der Waals surface area contributed by atoms with Crippen molar-refractivity contribution in [1.29, 1.82) is 0 Å². The lowest BCUT2D eigenvalue weighted by molar-refractivity contribution is -0.00833. The van der Waals surface area contributed by atoms with Crippen LogP contribution < -0.4 is 9.46 Å². The molecule has 0 radical (unpaired) electrons. The molecule has 0 spiro atoms. The van der Waals surface area contributed by atoms with Gasteiger partial charge in [0.25, 0.3) is 15.9 Å². The van der Waals surface area contributed by atoms with Crippen LogP contribution in [0, 0.1) is 12.8 Å². The van der Waals surface area contributed by atoms with Gasteiger partial charge in [-0.3, -0.25) is 9.52 Å². The van der Waals surface area contributed by atoms with Crippen molar-refractivity contribution in [2.45, 2.75) is 75.0 Å². The van der Waals surface area contributed by atoms with Crippen molar-refractivity contribution in [3.05, 3.63) is 82.9 Å². The number of halogens is 1. The van der Waals surface area contributed by atoms with Crippen LogP contribution in [0.1, 0.15) is 56.0 Å². The van der Waals surface area contributed by atoms with Crippen molar-refractivity contribution in [1.82, 2.24) is 9.21 Å². The van der Waals surface area contributed by atoms with Gasteiger partial charge in [-0.15, -0.1) is 0 Å². The summed E-state index contributed by atoms with van der Waals surface area (Å²) in [5.74, 6) is -0.572. The van der Waals surface area contributed by atoms with E-state index in [4.69, 9.17) is 21.1 Å². The van der Waals surface area contributed by atoms with Gasteiger partial charge in [0.2, 0.25) is 10.0 Å². The Kier molecular flexibility index (Phi) is 13.1. The van der Waals surface area contributed by atoms with E-state index in [1.807, 2.05) is 20.8 Å². The predicted molar refractivity (Wildman–Crippen MR) is 190 cm³/mol. The van der Waals surface area contributed by atoms with Gasteiger partial charge in [0.15, 0.2) is 0 Å². The van der Waals surface area contributed by atoms with E-state index in [1.54, 1.807) is 31.2 Å². The van der Waals surface area contributed by atoms with Crippen LogP contribution in [0.2, 0.25) is 5.02 Å². The van der Waals surface area contributed by atoms with Crippen LogP contribution in [-0.4, -0.2) is 88.7 Å². The first-order chi connectivity index (χ1) is 23.1. The van der Waals surface area contributed by atoms with Crippen molar-refractivity contribution in [3.63, 3.8) is 0 Å².